The SMILES string of the molecule is Cc1cc(COCc2ccccc2)ccc1NC(=O)c1cccc(B2OC(C)(C)C(C)(C)O2)c1. The first-order valence-corrected chi connectivity index (χ1v) is 11.6. The van der Waals surface area contributed by atoms with E-state index in [1.165, 1.54) is 0 Å². The first kappa shape index (κ1) is 24.2. The summed E-state index contributed by atoms with van der Waals surface area (Å²) < 4.78 is 18.1. The van der Waals surface area contributed by atoms with Crippen molar-refractivity contribution in [2.24, 2.45) is 0 Å². The summed E-state index contributed by atoms with van der Waals surface area (Å²) in [5.41, 5.74) is 4.49. The average Bonchev–Trinajstić information content (AvgIpc) is 3.03. The molecule has 0 aromatic heterocycles. The van der Waals surface area contributed by atoms with Crippen LogP contribution in [-0.4, -0.2) is 24.2 Å². The average molecular weight is 457 g/mol. The third-order valence-electron chi connectivity index (χ3n) is 6.59. The van der Waals surface area contributed by atoms with Gasteiger partial charge in [-0.25, -0.2) is 0 Å². The molecule has 1 heterocycles. The Morgan fingerprint density at radius 1 is 0.853 bits per heavy atom. The third-order valence-corrected chi connectivity index (χ3v) is 6.59. The van der Waals surface area contributed by atoms with Crippen LogP contribution in [-0.2, 0) is 27.3 Å². The molecule has 0 radical (unpaired) electrons. The van der Waals surface area contributed by atoms with E-state index < -0.39 is 18.3 Å². The van der Waals surface area contributed by atoms with E-state index in [1.54, 1.807) is 6.07 Å². The Hall–Kier alpha value is -2.93. The van der Waals surface area contributed by atoms with Gasteiger partial charge in [0, 0.05) is 11.3 Å². The van der Waals surface area contributed by atoms with E-state index in [4.69, 9.17) is 14.0 Å². The fraction of sp³-hybridized carbons (Fsp3) is 0.321. The lowest BCUT2D eigenvalue weighted by Crippen LogP contribution is -2.41. The minimum atomic E-state index is -0.505. The molecule has 176 valence electrons. The molecular weight excluding hydrogens is 425 g/mol. The number of amides is 1. The van der Waals surface area contributed by atoms with Gasteiger partial charge in [-0.2, -0.15) is 0 Å². The molecular formula is C28H32BNO4. The Morgan fingerprint density at radius 3 is 2.21 bits per heavy atom. The quantitative estimate of drug-likeness (QED) is 0.492. The van der Waals surface area contributed by atoms with E-state index in [9.17, 15) is 4.79 Å². The summed E-state index contributed by atoms with van der Waals surface area (Å²) in [6.07, 6.45) is 0. The lowest BCUT2D eigenvalue weighted by Gasteiger charge is -2.32. The molecule has 1 N–H and O–H groups in total. The Bertz CT molecular complexity index is 1140. The number of hydrogen-bond acceptors (Lipinski definition) is 4. The Morgan fingerprint density at radius 2 is 1.53 bits per heavy atom. The zero-order valence-electron chi connectivity index (χ0n) is 20.6. The number of anilines is 1. The fourth-order valence-corrected chi connectivity index (χ4v) is 3.82. The standard InChI is InChI=1S/C28H32BNO4/c1-20-16-22(19-32-18-21-10-7-6-8-11-21)14-15-25(20)30-26(31)23-12-9-13-24(17-23)29-33-27(2,3)28(4,5)34-29/h6-17H,18-19H2,1-5H3,(H,30,31). The minimum absolute atomic E-state index is 0.172. The number of nitrogens with one attached hydrogen (secondary N) is 1. The molecule has 0 atom stereocenters. The van der Waals surface area contributed by atoms with Gasteiger partial charge in [-0.3, -0.25) is 4.79 Å². The number of aryl methyl sites for hydroxylation is 1. The van der Waals surface area contributed by atoms with Gasteiger partial charge in [0.15, 0.2) is 0 Å². The van der Waals surface area contributed by atoms with E-state index in [0.29, 0.717) is 18.8 Å². The molecule has 6 heteroatoms. The van der Waals surface area contributed by atoms with Gasteiger partial charge in [-0.05, 0) is 75.0 Å². The summed E-state index contributed by atoms with van der Waals surface area (Å²) >= 11 is 0. The molecule has 3 aromatic rings. The van der Waals surface area contributed by atoms with Crippen LogP contribution in [0.1, 0.15) is 54.7 Å². The molecule has 0 unspecified atom stereocenters. The van der Waals surface area contributed by atoms with Crippen LogP contribution in [0.3, 0.4) is 0 Å². The van der Waals surface area contributed by atoms with Crippen molar-refractivity contribution in [2.75, 3.05) is 5.32 Å². The smallest absolute Gasteiger partial charge is 0.399 e. The second-order valence-electron chi connectivity index (χ2n) is 9.80. The molecule has 1 amide bonds. The Balaban J connectivity index is 1.38. The van der Waals surface area contributed by atoms with Crippen molar-refractivity contribution in [3.8, 4) is 0 Å². The molecule has 0 bridgehead atoms. The molecule has 3 aromatic carbocycles. The van der Waals surface area contributed by atoms with Gasteiger partial charge < -0.3 is 19.4 Å². The van der Waals surface area contributed by atoms with Gasteiger partial charge in [0.1, 0.15) is 0 Å². The van der Waals surface area contributed by atoms with Crippen LogP contribution in [0.5, 0.6) is 0 Å². The summed E-state index contributed by atoms with van der Waals surface area (Å²) in [5, 5.41) is 3.02. The van der Waals surface area contributed by atoms with Crippen LogP contribution in [0, 0.1) is 6.92 Å². The van der Waals surface area contributed by atoms with Crippen molar-refractivity contribution in [3.63, 3.8) is 0 Å². The second-order valence-corrected chi connectivity index (χ2v) is 9.80. The molecule has 5 nitrogen and oxygen atoms in total. The second kappa shape index (κ2) is 9.75. The van der Waals surface area contributed by atoms with Gasteiger partial charge in [-0.15, -0.1) is 0 Å². The molecule has 1 aliphatic heterocycles. The maximum absolute atomic E-state index is 13.0. The van der Waals surface area contributed by atoms with E-state index in [2.05, 4.69) is 5.32 Å². The number of carbonyl (C=O) groups excluding carboxylic acids is 1. The summed E-state index contributed by atoms with van der Waals surface area (Å²) in [6, 6.07) is 23.5. The summed E-state index contributed by atoms with van der Waals surface area (Å²) in [5.74, 6) is -0.172. The van der Waals surface area contributed by atoms with Crippen molar-refractivity contribution in [1.29, 1.82) is 0 Å². The highest BCUT2D eigenvalue weighted by molar-refractivity contribution is 6.62. The van der Waals surface area contributed by atoms with Crippen molar-refractivity contribution in [1.82, 2.24) is 0 Å². The maximum Gasteiger partial charge on any atom is 0.494 e. The van der Waals surface area contributed by atoms with E-state index >= 15 is 0 Å². The van der Waals surface area contributed by atoms with E-state index in [1.807, 2.05) is 101 Å². The molecule has 0 aliphatic carbocycles. The molecule has 1 fully saturated rings. The molecule has 1 saturated heterocycles. The van der Waals surface area contributed by atoms with Crippen LogP contribution in [0.25, 0.3) is 0 Å². The number of rotatable bonds is 7. The predicted molar refractivity (Wildman–Crippen MR) is 136 cm³/mol. The summed E-state index contributed by atoms with van der Waals surface area (Å²) in [4.78, 5) is 13.0. The molecule has 4 rings (SSSR count). The zero-order chi connectivity index (χ0) is 24.3. The summed E-state index contributed by atoms with van der Waals surface area (Å²) in [7, 11) is -0.505. The van der Waals surface area contributed by atoms with Gasteiger partial charge in [0.25, 0.3) is 5.91 Å². The van der Waals surface area contributed by atoms with Gasteiger partial charge in [-0.1, -0.05) is 54.6 Å². The Labute approximate surface area is 202 Å². The first-order chi connectivity index (χ1) is 16.1. The monoisotopic (exact) mass is 457 g/mol. The van der Waals surface area contributed by atoms with Gasteiger partial charge in [0.05, 0.1) is 24.4 Å². The minimum Gasteiger partial charge on any atom is -0.399 e. The number of ether oxygens (including phenoxy) is 1. The van der Waals surface area contributed by atoms with Crippen LogP contribution in [0.15, 0.2) is 72.8 Å². The van der Waals surface area contributed by atoms with Crippen molar-refractivity contribution in [2.45, 2.75) is 59.0 Å². The van der Waals surface area contributed by atoms with Crippen LogP contribution < -0.4 is 10.8 Å². The third kappa shape index (κ3) is 5.41. The van der Waals surface area contributed by atoms with E-state index in [-0.39, 0.29) is 5.91 Å². The fourth-order valence-electron chi connectivity index (χ4n) is 3.82. The highest BCUT2D eigenvalue weighted by Crippen LogP contribution is 2.36. The van der Waals surface area contributed by atoms with Crippen molar-refractivity contribution in [3.05, 3.63) is 95.1 Å². The van der Waals surface area contributed by atoms with Crippen molar-refractivity contribution < 1.29 is 18.8 Å². The lowest BCUT2D eigenvalue weighted by molar-refractivity contribution is 0.00578. The van der Waals surface area contributed by atoms with Crippen molar-refractivity contribution >= 4 is 24.2 Å². The largest absolute Gasteiger partial charge is 0.494 e. The molecule has 0 spiro atoms. The van der Waals surface area contributed by atoms with Crippen LogP contribution in [0.2, 0.25) is 0 Å². The first-order valence-electron chi connectivity index (χ1n) is 11.6. The van der Waals surface area contributed by atoms with E-state index in [0.717, 1.165) is 27.8 Å². The predicted octanol–water partition coefficient (Wildman–Crippen LogP) is 5.26. The van der Waals surface area contributed by atoms with Gasteiger partial charge >= 0.3 is 7.12 Å². The highest BCUT2D eigenvalue weighted by Gasteiger charge is 2.51. The normalized spacial score (nSPS) is 16.4. The van der Waals surface area contributed by atoms with Crippen LogP contribution in [0.4, 0.5) is 5.69 Å². The number of benzene rings is 3. The summed E-state index contributed by atoms with van der Waals surface area (Å²) in [6.45, 7) is 11.1. The number of hydrogen-bond donors (Lipinski definition) is 1. The van der Waals surface area contributed by atoms with Gasteiger partial charge in [0.2, 0.25) is 0 Å². The maximum atomic E-state index is 13.0. The Kier molecular flexibility index (Phi) is 6.94. The number of carbonyl (C=O) groups is 1. The zero-order valence-corrected chi connectivity index (χ0v) is 20.6. The molecule has 0 saturated carbocycles. The lowest BCUT2D eigenvalue weighted by atomic mass is 9.78. The highest BCUT2D eigenvalue weighted by atomic mass is 16.7. The molecule has 34 heavy (non-hydrogen) atoms. The van der Waals surface area contributed by atoms with Crippen LogP contribution >= 0.6 is 0 Å². The topological polar surface area (TPSA) is 56.8 Å². The molecule has 1 aliphatic rings.